The van der Waals surface area contributed by atoms with Crippen LogP contribution in [0, 0.1) is 21.3 Å². The molecule has 0 aliphatic carbocycles. The summed E-state index contributed by atoms with van der Waals surface area (Å²) in [6, 6.07) is 8.11. The van der Waals surface area contributed by atoms with Crippen molar-refractivity contribution in [3.05, 3.63) is 35.4 Å². The van der Waals surface area contributed by atoms with Crippen molar-refractivity contribution in [2.75, 3.05) is 0 Å². The Labute approximate surface area is 105 Å². The van der Waals surface area contributed by atoms with Crippen LogP contribution in [0.2, 0.25) is 0 Å². The highest BCUT2D eigenvalue weighted by molar-refractivity contribution is 8.04. The van der Waals surface area contributed by atoms with E-state index in [0.29, 0.717) is 0 Å². The van der Waals surface area contributed by atoms with Crippen molar-refractivity contribution in [3.8, 4) is 10.8 Å². The van der Waals surface area contributed by atoms with E-state index in [4.69, 9.17) is 10.5 Å². The molecule has 1 aromatic carbocycles. The highest BCUT2D eigenvalue weighted by Crippen LogP contribution is 2.31. The van der Waals surface area contributed by atoms with Crippen LogP contribution in [0.3, 0.4) is 0 Å². The Hall–Kier alpha value is -1.10. The molecule has 0 N–H and O–H groups in total. The quantitative estimate of drug-likeness (QED) is 0.748. The topological polar surface area (TPSA) is 47.6 Å². The first-order chi connectivity index (χ1) is 7.69. The SMILES string of the molecule is CC(SC#N)c1ccc(C(C)SC#N)cc1. The lowest BCUT2D eigenvalue weighted by molar-refractivity contribution is 1.07. The zero-order valence-corrected chi connectivity index (χ0v) is 10.8. The van der Waals surface area contributed by atoms with Crippen molar-refractivity contribution >= 4 is 23.5 Å². The molecular weight excluding hydrogens is 236 g/mol. The van der Waals surface area contributed by atoms with Gasteiger partial charge in [0.1, 0.15) is 10.8 Å². The molecule has 0 spiro atoms. The third-order valence-corrected chi connectivity index (χ3v) is 3.80. The molecule has 0 bridgehead atoms. The van der Waals surface area contributed by atoms with Crippen molar-refractivity contribution in [2.24, 2.45) is 0 Å². The Kier molecular flexibility index (Phi) is 5.25. The number of hydrogen-bond donors (Lipinski definition) is 0. The molecule has 2 unspecified atom stereocenters. The molecule has 0 aromatic heterocycles. The highest BCUT2D eigenvalue weighted by atomic mass is 32.2. The third-order valence-electron chi connectivity index (χ3n) is 2.33. The lowest BCUT2D eigenvalue weighted by Gasteiger charge is -2.10. The molecule has 2 atom stereocenters. The molecule has 1 aromatic rings. The zero-order valence-electron chi connectivity index (χ0n) is 9.18. The first kappa shape index (κ1) is 13.0. The molecule has 4 heteroatoms. The molecule has 0 aliphatic heterocycles. The molecule has 2 nitrogen and oxygen atoms in total. The normalized spacial score (nSPS) is 13.5. The predicted molar refractivity (Wildman–Crippen MR) is 69.7 cm³/mol. The van der Waals surface area contributed by atoms with Crippen molar-refractivity contribution < 1.29 is 0 Å². The van der Waals surface area contributed by atoms with Gasteiger partial charge < -0.3 is 0 Å². The maximum atomic E-state index is 8.58. The second kappa shape index (κ2) is 6.48. The smallest absolute Gasteiger partial charge is 0.133 e. The van der Waals surface area contributed by atoms with Crippen molar-refractivity contribution in [3.63, 3.8) is 0 Å². The molecule has 0 aliphatic rings. The molecule has 0 radical (unpaired) electrons. The van der Waals surface area contributed by atoms with Crippen LogP contribution >= 0.6 is 23.5 Å². The maximum absolute atomic E-state index is 8.58. The number of thiocyanates is 2. The summed E-state index contributed by atoms with van der Waals surface area (Å²) in [6.07, 6.45) is 0. The van der Waals surface area contributed by atoms with Gasteiger partial charge in [0.15, 0.2) is 0 Å². The largest absolute Gasteiger partial charge is 0.185 e. The fraction of sp³-hybridized carbons (Fsp3) is 0.333. The minimum atomic E-state index is 0.193. The standard InChI is InChI=1S/C12H12N2S2/c1-9(15-7-13)11-3-5-12(6-4-11)10(2)16-8-14/h3-6,9-10H,1-2H3. The number of hydrogen-bond acceptors (Lipinski definition) is 4. The Balaban J connectivity index is 2.76. The van der Waals surface area contributed by atoms with Crippen molar-refractivity contribution in [1.82, 2.24) is 0 Å². The van der Waals surface area contributed by atoms with E-state index in [1.165, 1.54) is 23.5 Å². The molecule has 0 fully saturated rings. The lowest BCUT2D eigenvalue weighted by Crippen LogP contribution is -1.90. The van der Waals surface area contributed by atoms with Crippen LogP contribution in [-0.4, -0.2) is 0 Å². The van der Waals surface area contributed by atoms with Gasteiger partial charge in [-0.15, -0.1) is 0 Å². The van der Waals surface area contributed by atoms with Crippen molar-refractivity contribution in [2.45, 2.75) is 24.3 Å². The van der Waals surface area contributed by atoms with E-state index in [2.05, 4.69) is 10.8 Å². The Bertz CT molecular complexity index is 373. The van der Waals surface area contributed by atoms with E-state index >= 15 is 0 Å². The van der Waals surface area contributed by atoms with Crippen LogP contribution < -0.4 is 0 Å². The van der Waals surface area contributed by atoms with Gasteiger partial charge in [-0.2, -0.15) is 10.5 Å². The summed E-state index contributed by atoms with van der Waals surface area (Å²) >= 11 is 2.51. The predicted octanol–water partition coefficient (Wildman–Crippen LogP) is 4.24. The Morgan fingerprint density at radius 2 is 1.19 bits per heavy atom. The van der Waals surface area contributed by atoms with Gasteiger partial charge in [-0.3, -0.25) is 0 Å². The average Bonchev–Trinajstić information content (AvgIpc) is 2.30. The van der Waals surface area contributed by atoms with E-state index in [1.807, 2.05) is 38.1 Å². The van der Waals surface area contributed by atoms with Gasteiger partial charge in [0.2, 0.25) is 0 Å². The fourth-order valence-electron chi connectivity index (χ4n) is 1.33. The number of nitriles is 2. The second-order valence-electron chi connectivity index (χ2n) is 3.37. The molecule has 0 saturated heterocycles. The van der Waals surface area contributed by atoms with Gasteiger partial charge in [0.25, 0.3) is 0 Å². The summed E-state index contributed by atoms with van der Waals surface area (Å²) in [5.74, 6) is 0. The molecule has 1 rings (SSSR count). The Morgan fingerprint density at radius 3 is 1.44 bits per heavy atom. The number of rotatable bonds is 4. The van der Waals surface area contributed by atoms with Gasteiger partial charge >= 0.3 is 0 Å². The van der Waals surface area contributed by atoms with Gasteiger partial charge in [0.05, 0.1) is 0 Å². The fourth-order valence-corrected chi connectivity index (χ4v) is 2.23. The van der Waals surface area contributed by atoms with Crippen LogP contribution in [0.15, 0.2) is 24.3 Å². The number of nitrogens with zero attached hydrogens (tertiary/aromatic N) is 2. The Morgan fingerprint density at radius 1 is 0.875 bits per heavy atom. The summed E-state index contributed by atoms with van der Waals surface area (Å²) in [6.45, 7) is 4.02. The summed E-state index contributed by atoms with van der Waals surface area (Å²) < 4.78 is 0. The van der Waals surface area contributed by atoms with Gasteiger partial charge in [0, 0.05) is 10.5 Å². The van der Waals surface area contributed by atoms with E-state index in [9.17, 15) is 0 Å². The van der Waals surface area contributed by atoms with Crippen LogP contribution in [0.1, 0.15) is 35.5 Å². The molecule has 0 amide bonds. The van der Waals surface area contributed by atoms with Crippen LogP contribution in [0.4, 0.5) is 0 Å². The van der Waals surface area contributed by atoms with E-state index in [1.54, 1.807) is 0 Å². The zero-order chi connectivity index (χ0) is 12.0. The number of benzene rings is 1. The molecule has 82 valence electrons. The van der Waals surface area contributed by atoms with E-state index < -0.39 is 0 Å². The third kappa shape index (κ3) is 3.48. The van der Waals surface area contributed by atoms with Gasteiger partial charge in [-0.1, -0.05) is 24.3 Å². The monoisotopic (exact) mass is 248 g/mol. The van der Waals surface area contributed by atoms with Gasteiger partial charge in [-0.25, -0.2) is 0 Å². The lowest BCUT2D eigenvalue weighted by atomic mass is 10.1. The first-order valence-corrected chi connectivity index (χ1v) is 6.64. The van der Waals surface area contributed by atoms with Crippen LogP contribution in [-0.2, 0) is 0 Å². The van der Waals surface area contributed by atoms with Crippen molar-refractivity contribution in [1.29, 1.82) is 10.5 Å². The minimum absolute atomic E-state index is 0.193. The van der Waals surface area contributed by atoms with Crippen LogP contribution in [0.5, 0.6) is 0 Å². The van der Waals surface area contributed by atoms with Gasteiger partial charge in [-0.05, 0) is 48.5 Å². The van der Waals surface area contributed by atoms with E-state index in [0.717, 1.165) is 11.1 Å². The van der Waals surface area contributed by atoms with E-state index in [-0.39, 0.29) is 10.5 Å². The summed E-state index contributed by atoms with van der Waals surface area (Å²) in [4.78, 5) is 0. The molecule has 0 saturated carbocycles. The minimum Gasteiger partial charge on any atom is -0.185 e. The molecular formula is C12H12N2S2. The summed E-state index contributed by atoms with van der Waals surface area (Å²) in [7, 11) is 0. The van der Waals surface area contributed by atoms with Crippen LogP contribution in [0.25, 0.3) is 0 Å². The molecule has 0 heterocycles. The maximum Gasteiger partial charge on any atom is 0.133 e. The summed E-state index contributed by atoms with van der Waals surface area (Å²) in [5.41, 5.74) is 2.29. The average molecular weight is 248 g/mol. The highest BCUT2D eigenvalue weighted by Gasteiger charge is 2.08. The first-order valence-electron chi connectivity index (χ1n) is 4.88. The summed E-state index contributed by atoms with van der Waals surface area (Å²) in [5, 5.41) is 21.7. The molecule has 16 heavy (non-hydrogen) atoms. The number of thioether (sulfide) groups is 2. The second-order valence-corrected chi connectivity index (χ2v) is 5.62.